The molecule has 3 nitrogen and oxygen atoms in total. The molecule has 3 aromatic rings. The highest BCUT2D eigenvalue weighted by Crippen LogP contribution is 2.24. The zero-order valence-electron chi connectivity index (χ0n) is 13.6. The standard InChI is InChI=1S/C20H18Cl2N2O/c21-17-6-4-15(5-7-17)14-25-20-9-8-18(22)11-16(20)12-23-13-19-3-1-2-10-24-19/h1-11,23H,12-14H2. The molecule has 1 N–H and O–H groups in total. The van der Waals surface area contributed by atoms with E-state index in [0.29, 0.717) is 24.7 Å². The summed E-state index contributed by atoms with van der Waals surface area (Å²) in [6, 6.07) is 19.2. The van der Waals surface area contributed by atoms with Gasteiger partial charge in [-0.15, -0.1) is 0 Å². The maximum Gasteiger partial charge on any atom is 0.124 e. The number of rotatable bonds is 7. The number of hydrogen-bond acceptors (Lipinski definition) is 3. The van der Waals surface area contributed by atoms with Gasteiger partial charge >= 0.3 is 0 Å². The highest BCUT2D eigenvalue weighted by Gasteiger charge is 2.06. The van der Waals surface area contributed by atoms with Crippen molar-refractivity contribution in [1.29, 1.82) is 0 Å². The van der Waals surface area contributed by atoms with Gasteiger partial charge in [0.05, 0.1) is 5.69 Å². The van der Waals surface area contributed by atoms with E-state index in [1.807, 2.05) is 60.7 Å². The Morgan fingerprint density at radius 1 is 0.880 bits per heavy atom. The first-order chi connectivity index (χ1) is 12.2. The Hall–Kier alpha value is -2.07. The number of halogens is 2. The Bertz CT molecular complexity index is 808. The predicted molar refractivity (Wildman–Crippen MR) is 102 cm³/mol. The summed E-state index contributed by atoms with van der Waals surface area (Å²) in [6.07, 6.45) is 1.79. The van der Waals surface area contributed by atoms with Crippen molar-refractivity contribution in [3.05, 3.63) is 93.7 Å². The second kappa shape index (κ2) is 8.86. The van der Waals surface area contributed by atoms with E-state index in [1.54, 1.807) is 6.20 Å². The first kappa shape index (κ1) is 17.7. The minimum atomic E-state index is 0.478. The van der Waals surface area contributed by atoms with Crippen molar-refractivity contribution in [3.8, 4) is 5.75 Å². The van der Waals surface area contributed by atoms with Gasteiger partial charge in [-0.2, -0.15) is 0 Å². The molecule has 128 valence electrons. The Labute approximate surface area is 157 Å². The zero-order valence-corrected chi connectivity index (χ0v) is 15.1. The van der Waals surface area contributed by atoms with Crippen LogP contribution in [0.4, 0.5) is 0 Å². The summed E-state index contributed by atoms with van der Waals surface area (Å²) < 4.78 is 5.96. The highest BCUT2D eigenvalue weighted by atomic mass is 35.5. The number of nitrogens with one attached hydrogen (secondary N) is 1. The van der Waals surface area contributed by atoms with Crippen LogP contribution in [-0.4, -0.2) is 4.98 Å². The number of aromatic nitrogens is 1. The van der Waals surface area contributed by atoms with E-state index >= 15 is 0 Å². The molecule has 25 heavy (non-hydrogen) atoms. The van der Waals surface area contributed by atoms with Gasteiger partial charge in [-0.05, 0) is 48.0 Å². The van der Waals surface area contributed by atoms with E-state index in [9.17, 15) is 0 Å². The largest absolute Gasteiger partial charge is 0.489 e. The Morgan fingerprint density at radius 3 is 2.44 bits per heavy atom. The molecule has 0 atom stereocenters. The number of hydrogen-bond donors (Lipinski definition) is 1. The Balaban J connectivity index is 1.62. The molecule has 0 radical (unpaired) electrons. The van der Waals surface area contributed by atoms with Crippen LogP contribution in [0.2, 0.25) is 10.0 Å². The average Bonchev–Trinajstić information content (AvgIpc) is 2.63. The van der Waals surface area contributed by atoms with Crippen LogP contribution in [0.25, 0.3) is 0 Å². The molecule has 0 amide bonds. The van der Waals surface area contributed by atoms with Gasteiger partial charge in [0.1, 0.15) is 12.4 Å². The minimum absolute atomic E-state index is 0.478. The SMILES string of the molecule is Clc1ccc(COc2ccc(Cl)cc2CNCc2ccccn2)cc1. The molecule has 1 heterocycles. The fraction of sp³-hybridized carbons (Fsp3) is 0.150. The van der Waals surface area contributed by atoms with E-state index in [4.69, 9.17) is 27.9 Å². The predicted octanol–water partition coefficient (Wildman–Crippen LogP) is 5.26. The van der Waals surface area contributed by atoms with Crippen molar-refractivity contribution < 1.29 is 4.74 Å². The van der Waals surface area contributed by atoms with Crippen LogP contribution in [0.5, 0.6) is 5.75 Å². The summed E-state index contributed by atoms with van der Waals surface area (Å²) in [7, 11) is 0. The van der Waals surface area contributed by atoms with Crippen molar-refractivity contribution in [2.75, 3.05) is 0 Å². The summed E-state index contributed by atoms with van der Waals surface area (Å²) in [6.45, 7) is 1.81. The fourth-order valence-corrected chi connectivity index (χ4v) is 2.72. The van der Waals surface area contributed by atoms with Gasteiger partial charge in [0.2, 0.25) is 0 Å². The number of nitrogens with zero attached hydrogens (tertiary/aromatic N) is 1. The molecule has 0 aliphatic carbocycles. The molecule has 3 rings (SSSR count). The number of ether oxygens (including phenoxy) is 1. The molecule has 0 fully saturated rings. The molecule has 1 aromatic heterocycles. The van der Waals surface area contributed by atoms with Gasteiger partial charge < -0.3 is 10.1 Å². The lowest BCUT2D eigenvalue weighted by molar-refractivity contribution is 0.302. The first-order valence-corrected chi connectivity index (χ1v) is 8.72. The van der Waals surface area contributed by atoms with E-state index in [1.165, 1.54) is 0 Å². The van der Waals surface area contributed by atoms with Gasteiger partial charge in [0.25, 0.3) is 0 Å². The van der Waals surface area contributed by atoms with Crippen LogP contribution >= 0.6 is 23.2 Å². The maximum absolute atomic E-state index is 6.14. The van der Waals surface area contributed by atoms with Gasteiger partial charge in [0, 0.05) is 34.9 Å². The quantitative estimate of drug-likeness (QED) is 0.614. The average molecular weight is 373 g/mol. The van der Waals surface area contributed by atoms with Crippen molar-refractivity contribution in [1.82, 2.24) is 10.3 Å². The van der Waals surface area contributed by atoms with Crippen LogP contribution in [0.15, 0.2) is 66.9 Å². The molecule has 0 spiro atoms. The molecular weight excluding hydrogens is 355 g/mol. The topological polar surface area (TPSA) is 34.1 Å². The fourth-order valence-electron chi connectivity index (χ4n) is 2.40. The normalized spacial score (nSPS) is 10.6. The van der Waals surface area contributed by atoms with Crippen molar-refractivity contribution in [2.45, 2.75) is 19.7 Å². The third-order valence-corrected chi connectivity index (χ3v) is 4.16. The van der Waals surface area contributed by atoms with E-state index < -0.39 is 0 Å². The molecule has 0 aliphatic rings. The van der Waals surface area contributed by atoms with Crippen molar-refractivity contribution >= 4 is 23.2 Å². The summed E-state index contributed by atoms with van der Waals surface area (Å²) in [5.41, 5.74) is 3.07. The molecular formula is C20H18Cl2N2O. The van der Waals surface area contributed by atoms with Crippen LogP contribution in [-0.2, 0) is 19.7 Å². The minimum Gasteiger partial charge on any atom is -0.489 e. The molecule has 0 saturated heterocycles. The van der Waals surface area contributed by atoms with Crippen LogP contribution in [0.3, 0.4) is 0 Å². The Kier molecular flexibility index (Phi) is 6.29. The molecule has 0 aliphatic heterocycles. The maximum atomic E-state index is 6.14. The second-order valence-electron chi connectivity index (χ2n) is 5.59. The van der Waals surface area contributed by atoms with Gasteiger partial charge in [0.15, 0.2) is 0 Å². The molecule has 0 saturated carbocycles. The summed E-state index contributed by atoms with van der Waals surface area (Å²) in [5, 5.41) is 4.78. The van der Waals surface area contributed by atoms with Crippen LogP contribution in [0, 0.1) is 0 Å². The lowest BCUT2D eigenvalue weighted by Crippen LogP contribution is -2.14. The van der Waals surface area contributed by atoms with Crippen molar-refractivity contribution in [3.63, 3.8) is 0 Å². The molecule has 2 aromatic carbocycles. The molecule has 0 unspecified atom stereocenters. The molecule has 5 heteroatoms. The third-order valence-electron chi connectivity index (χ3n) is 3.68. The summed E-state index contributed by atoms with van der Waals surface area (Å²) in [5.74, 6) is 0.813. The third kappa shape index (κ3) is 5.46. The summed E-state index contributed by atoms with van der Waals surface area (Å²) in [4.78, 5) is 4.30. The lowest BCUT2D eigenvalue weighted by Gasteiger charge is -2.13. The summed E-state index contributed by atoms with van der Waals surface area (Å²) >= 11 is 12.0. The monoisotopic (exact) mass is 372 g/mol. The van der Waals surface area contributed by atoms with E-state index in [0.717, 1.165) is 27.6 Å². The van der Waals surface area contributed by atoms with Crippen molar-refractivity contribution in [2.24, 2.45) is 0 Å². The number of benzene rings is 2. The highest BCUT2D eigenvalue weighted by molar-refractivity contribution is 6.30. The van der Waals surface area contributed by atoms with Gasteiger partial charge in [-0.3, -0.25) is 4.98 Å². The lowest BCUT2D eigenvalue weighted by atomic mass is 10.2. The van der Waals surface area contributed by atoms with Gasteiger partial charge in [-0.1, -0.05) is 41.4 Å². The smallest absolute Gasteiger partial charge is 0.124 e. The zero-order chi connectivity index (χ0) is 17.5. The number of pyridine rings is 1. The van der Waals surface area contributed by atoms with E-state index in [2.05, 4.69) is 10.3 Å². The molecule has 0 bridgehead atoms. The van der Waals surface area contributed by atoms with Gasteiger partial charge in [-0.25, -0.2) is 0 Å². The van der Waals surface area contributed by atoms with E-state index in [-0.39, 0.29) is 0 Å². The second-order valence-corrected chi connectivity index (χ2v) is 6.46. The first-order valence-electron chi connectivity index (χ1n) is 7.97. The van der Waals surface area contributed by atoms with Crippen LogP contribution < -0.4 is 10.1 Å². The van der Waals surface area contributed by atoms with Crippen LogP contribution in [0.1, 0.15) is 16.8 Å². The Morgan fingerprint density at radius 2 is 1.68 bits per heavy atom.